The van der Waals surface area contributed by atoms with Crippen LogP contribution < -0.4 is 16.0 Å². The van der Waals surface area contributed by atoms with E-state index in [4.69, 9.17) is 9.83 Å². The van der Waals surface area contributed by atoms with Gasteiger partial charge in [-0.05, 0) is 81.9 Å². The largest absolute Gasteiger partial charge is 0.579 e. The van der Waals surface area contributed by atoms with E-state index >= 15 is 0 Å². The molecule has 1 aromatic rings. The number of para-hydroxylation sites is 1. The van der Waals surface area contributed by atoms with Gasteiger partial charge in [0, 0.05) is 50.4 Å². The standard InChI is InChI=1S/C34H51N7O4/c1-24-19-28(36-20-25(24)2)8-10-33(32(42)9-7-26-22-38(23-26)30-11-15-35-21-30)45-41(44)39-16-13-29(14-17-39)40-18-12-27-5-3-4-6-31(27)37-34(40)43/h3-6,20,26,28-30,33,35,41H,7-19,21-23H2,1-2H3,(H,37,43)/p+1. The first kappa shape index (κ1) is 32.3. The molecule has 246 valence electrons. The number of amides is 2. The second kappa shape index (κ2) is 14.8. The van der Waals surface area contributed by atoms with Crippen LogP contribution in [0.15, 0.2) is 40.4 Å². The van der Waals surface area contributed by atoms with Crippen LogP contribution in [0.5, 0.6) is 0 Å². The molecule has 3 fully saturated rings. The average molecular weight is 623 g/mol. The summed E-state index contributed by atoms with van der Waals surface area (Å²) in [6.07, 6.45) is 8.05. The first-order valence-corrected chi connectivity index (χ1v) is 17.2. The molecule has 45 heavy (non-hydrogen) atoms. The van der Waals surface area contributed by atoms with Crippen molar-refractivity contribution < 1.29 is 25.1 Å². The Bertz CT molecular complexity index is 1250. The van der Waals surface area contributed by atoms with E-state index in [1.54, 1.807) is 5.01 Å². The Balaban J connectivity index is 1.00. The fourth-order valence-corrected chi connectivity index (χ4v) is 7.66. The van der Waals surface area contributed by atoms with Crippen molar-refractivity contribution in [2.24, 2.45) is 10.9 Å². The zero-order chi connectivity index (χ0) is 31.3. The van der Waals surface area contributed by atoms with Crippen LogP contribution in [0.4, 0.5) is 10.5 Å². The lowest BCUT2D eigenvalue weighted by Crippen LogP contribution is -3.14. The number of hydrogen-bond donors (Lipinski definition) is 3. The first-order valence-electron chi connectivity index (χ1n) is 17.2. The maximum atomic E-state index is 13.5. The molecule has 5 aliphatic heterocycles. The van der Waals surface area contributed by atoms with E-state index in [0.29, 0.717) is 63.7 Å². The summed E-state index contributed by atoms with van der Waals surface area (Å²) in [5.74, 6) is 0.586. The number of nitrogens with two attached hydrogens (primary N) is 1. The minimum absolute atomic E-state index is 0.0370. The van der Waals surface area contributed by atoms with Gasteiger partial charge in [0.15, 0.2) is 11.9 Å². The van der Waals surface area contributed by atoms with Gasteiger partial charge in [-0.2, -0.15) is 4.84 Å². The Hall–Kier alpha value is -2.67. The number of rotatable bonds is 12. The molecule has 1 aromatic carbocycles. The summed E-state index contributed by atoms with van der Waals surface area (Å²) in [6, 6.07) is 8.75. The van der Waals surface area contributed by atoms with Crippen LogP contribution in [0.25, 0.3) is 0 Å². The van der Waals surface area contributed by atoms with E-state index in [2.05, 4.69) is 35.4 Å². The predicted octanol–water partition coefficient (Wildman–Crippen LogP) is 1.72. The van der Waals surface area contributed by atoms with E-state index in [0.717, 1.165) is 43.6 Å². The normalized spacial score (nSPS) is 26.7. The van der Waals surface area contributed by atoms with Gasteiger partial charge in [-0.3, -0.25) is 14.7 Å². The van der Waals surface area contributed by atoms with E-state index < -0.39 is 11.4 Å². The number of carbonyl (C=O) groups excluding carboxylic acids is 2. The summed E-state index contributed by atoms with van der Waals surface area (Å²) in [6.45, 7) is 10.5. The first-order chi connectivity index (χ1) is 21.8. The van der Waals surface area contributed by atoms with Crippen molar-refractivity contribution in [2.75, 3.05) is 51.1 Å². The zero-order valence-corrected chi connectivity index (χ0v) is 27.1. The number of nitrogens with one attached hydrogen (secondary N) is 2. The van der Waals surface area contributed by atoms with Gasteiger partial charge in [0.2, 0.25) is 0 Å². The minimum Gasteiger partial charge on any atom is -0.579 e. The zero-order valence-electron chi connectivity index (χ0n) is 27.1. The van der Waals surface area contributed by atoms with Crippen molar-refractivity contribution in [1.82, 2.24) is 14.8 Å². The van der Waals surface area contributed by atoms with E-state index in [1.807, 2.05) is 29.3 Å². The number of urea groups is 1. The van der Waals surface area contributed by atoms with Crippen molar-refractivity contribution in [3.05, 3.63) is 46.2 Å². The SMILES string of the molecule is CC1=C(C)CC(CCC(O[NH+]([O-])N2CCC(N3CCc4ccccc4NC3=O)CC2)C(=O)CCC2CN(C3CC[NH2+]C3)C2)N=C1. The molecule has 4 unspecified atom stereocenters. The summed E-state index contributed by atoms with van der Waals surface area (Å²) in [5.41, 5.74) is 4.56. The van der Waals surface area contributed by atoms with Gasteiger partial charge in [0.1, 0.15) is 0 Å². The van der Waals surface area contributed by atoms with Gasteiger partial charge in [-0.15, -0.1) is 10.3 Å². The van der Waals surface area contributed by atoms with Crippen LogP contribution >= 0.6 is 0 Å². The van der Waals surface area contributed by atoms with Crippen LogP contribution in [0.1, 0.15) is 70.8 Å². The smallest absolute Gasteiger partial charge is 0.322 e. The van der Waals surface area contributed by atoms with Crippen LogP contribution in [-0.2, 0) is 16.1 Å². The Morgan fingerprint density at radius 3 is 2.69 bits per heavy atom. The molecule has 0 spiro atoms. The molecule has 0 saturated carbocycles. The molecule has 11 heteroatoms. The summed E-state index contributed by atoms with van der Waals surface area (Å²) in [7, 11) is 0. The molecule has 5 aliphatic rings. The number of Topliss-reactive ketones (excluding diaryl/α,β-unsaturated/α-hetero) is 1. The number of aliphatic imine (C=N–C) groups is 1. The predicted molar refractivity (Wildman–Crippen MR) is 174 cm³/mol. The number of benzene rings is 1. The highest BCUT2D eigenvalue weighted by atomic mass is 16.9. The molecule has 0 radical (unpaired) electrons. The number of fused-ring (bicyclic) bond motifs is 1. The highest BCUT2D eigenvalue weighted by molar-refractivity contribution is 5.91. The number of hydrogen-bond acceptors (Lipinski definition) is 7. The van der Waals surface area contributed by atoms with Crippen molar-refractivity contribution >= 4 is 23.7 Å². The van der Waals surface area contributed by atoms with Gasteiger partial charge in [0.25, 0.3) is 0 Å². The average Bonchev–Trinajstić information content (AvgIpc) is 3.49. The quantitative estimate of drug-likeness (QED) is 0.306. The number of quaternary nitrogens is 2. The Labute approximate surface area is 267 Å². The van der Waals surface area contributed by atoms with Gasteiger partial charge < -0.3 is 20.7 Å². The molecule has 0 bridgehead atoms. The van der Waals surface area contributed by atoms with Gasteiger partial charge in [-0.1, -0.05) is 23.8 Å². The van der Waals surface area contributed by atoms with Crippen molar-refractivity contribution in [3.63, 3.8) is 0 Å². The topological polar surface area (TPSA) is 122 Å². The molecule has 0 aliphatic carbocycles. The minimum atomic E-state index is -0.742. The summed E-state index contributed by atoms with van der Waals surface area (Å²) in [5, 5.41) is 20.2. The fraction of sp³-hybridized carbons (Fsp3) is 0.676. The Kier molecular flexibility index (Phi) is 10.6. The van der Waals surface area contributed by atoms with Gasteiger partial charge in [-0.25, -0.2) is 4.79 Å². The maximum Gasteiger partial charge on any atom is 0.322 e. The third-order valence-corrected chi connectivity index (χ3v) is 10.8. The van der Waals surface area contributed by atoms with E-state index in [9.17, 15) is 14.8 Å². The number of nitrogens with zero attached hydrogens (tertiary/aromatic N) is 4. The van der Waals surface area contributed by atoms with Crippen LogP contribution in [0.2, 0.25) is 0 Å². The van der Waals surface area contributed by atoms with Crippen LogP contribution in [0.3, 0.4) is 0 Å². The fourth-order valence-electron chi connectivity index (χ4n) is 7.66. The Morgan fingerprint density at radius 2 is 1.93 bits per heavy atom. The highest BCUT2D eigenvalue weighted by Crippen LogP contribution is 2.27. The van der Waals surface area contributed by atoms with E-state index in [1.165, 1.54) is 30.7 Å². The number of carbonyl (C=O) groups is 2. The molecule has 0 aromatic heterocycles. The second-order valence-electron chi connectivity index (χ2n) is 13.9. The third-order valence-electron chi connectivity index (χ3n) is 10.8. The number of anilines is 1. The number of dihydropyridines is 1. The van der Waals surface area contributed by atoms with E-state index in [-0.39, 0.29) is 23.9 Å². The molecule has 4 atom stereocenters. The van der Waals surface area contributed by atoms with Crippen LogP contribution in [0, 0.1) is 11.1 Å². The summed E-state index contributed by atoms with van der Waals surface area (Å²) < 4.78 is 0. The van der Waals surface area contributed by atoms with Crippen molar-refractivity contribution in [2.45, 2.75) is 95.9 Å². The van der Waals surface area contributed by atoms with Gasteiger partial charge in [0.05, 0.1) is 38.3 Å². The number of ketones is 1. The lowest BCUT2D eigenvalue weighted by molar-refractivity contribution is -1.15. The summed E-state index contributed by atoms with van der Waals surface area (Å²) in [4.78, 5) is 41.8. The molecular weight excluding hydrogens is 570 g/mol. The van der Waals surface area contributed by atoms with Gasteiger partial charge >= 0.3 is 6.03 Å². The molecule has 2 amide bonds. The van der Waals surface area contributed by atoms with Crippen molar-refractivity contribution in [1.29, 1.82) is 0 Å². The van der Waals surface area contributed by atoms with Crippen LogP contribution in [-0.4, -0.2) is 103 Å². The third kappa shape index (κ3) is 8.01. The number of likely N-dealkylation sites (tertiary alicyclic amines) is 1. The molecule has 4 N–H and O–H groups in total. The molecule has 5 heterocycles. The molecule has 11 nitrogen and oxygen atoms in total. The lowest BCUT2D eigenvalue weighted by Gasteiger charge is -2.42. The monoisotopic (exact) mass is 622 g/mol. The maximum absolute atomic E-state index is 13.5. The number of piperidine rings is 1. The second-order valence-corrected chi connectivity index (χ2v) is 13.9. The Morgan fingerprint density at radius 1 is 1.13 bits per heavy atom. The lowest BCUT2D eigenvalue weighted by atomic mass is 9.90. The summed E-state index contributed by atoms with van der Waals surface area (Å²) >= 11 is 0. The molecule has 3 saturated heterocycles. The highest BCUT2D eigenvalue weighted by Gasteiger charge is 2.37. The number of allylic oxidation sites excluding steroid dienone is 1. The molecular formula is C34H52N7O4+. The van der Waals surface area contributed by atoms with Crippen molar-refractivity contribution in [3.8, 4) is 0 Å². The molecule has 6 rings (SSSR count).